The molecule has 1 rings (SSSR count). The highest BCUT2D eigenvalue weighted by atomic mass is 16.7. The van der Waals surface area contributed by atoms with Gasteiger partial charge in [-0.3, -0.25) is 4.90 Å². The second-order valence-corrected chi connectivity index (χ2v) is 4.02. The topological polar surface area (TPSA) is 62.2 Å². The maximum Gasteiger partial charge on any atom is 0.158 e. The van der Waals surface area contributed by atoms with Crippen LogP contribution in [0.25, 0.3) is 0 Å². The molecule has 1 aliphatic rings. The summed E-state index contributed by atoms with van der Waals surface area (Å²) in [6, 6.07) is 0. The van der Waals surface area contributed by atoms with E-state index in [0.29, 0.717) is 26.3 Å². The molecule has 96 valence electrons. The van der Waals surface area contributed by atoms with Crippen LogP contribution in [0.5, 0.6) is 0 Å². The minimum atomic E-state index is -0.613. The molecule has 0 spiro atoms. The highest BCUT2D eigenvalue weighted by molar-refractivity contribution is 4.82. The fraction of sp³-hybridized carbons (Fsp3) is 1.00. The average Bonchev–Trinajstić information content (AvgIpc) is 2.56. The van der Waals surface area contributed by atoms with Gasteiger partial charge in [0.2, 0.25) is 0 Å². The highest BCUT2D eigenvalue weighted by Crippen LogP contribution is 2.12. The van der Waals surface area contributed by atoms with Crippen LogP contribution in [-0.2, 0) is 9.47 Å². The molecule has 0 amide bonds. The van der Waals surface area contributed by atoms with Crippen LogP contribution in [0.3, 0.4) is 0 Å². The van der Waals surface area contributed by atoms with Crippen molar-refractivity contribution >= 4 is 0 Å². The second-order valence-electron chi connectivity index (χ2n) is 4.02. The number of aliphatic hydroxyl groups is 2. The fourth-order valence-corrected chi connectivity index (χ4v) is 1.90. The fourth-order valence-electron chi connectivity index (χ4n) is 1.90. The molecule has 2 unspecified atom stereocenters. The summed E-state index contributed by atoms with van der Waals surface area (Å²) in [6.45, 7) is 6.99. The highest BCUT2D eigenvalue weighted by Gasteiger charge is 2.29. The van der Waals surface area contributed by atoms with Crippen molar-refractivity contribution in [1.29, 1.82) is 0 Å². The van der Waals surface area contributed by atoms with E-state index in [4.69, 9.17) is 9.47 Å². The van der Waals surface area contributed by atoms with E-state index in [-0.39, 0.29) is 6.29 Å². The quantitative estimate of drug-likeness (QED) is 0.597. The Kier molecular flexibility index (Phi) is 6.23. The van der Waals surface area contributed by atoms with Gasteiger partial charge in [0.15, 0.2) is 6.29 Å². The zero-order chi connectivity index (χ0) is 12.0. The summed E-state index contributed by atoms with van der Waals surface area (Å²) in [7, 11) is 0. The van der Waals surface area contributed by atoms with Gasteiger partial charge in [-0.2, -0.15) is 0 Å². The van der Waals surface area contributed by atoms with Crippen molar-refractivity contribution in [3.8, 4) is 0 Å². The van der Waals surface area contributed by atoms with E-state index in [2.05, 4.69) is 0 Å². The minimum Gasteiger partial charge on any atom is -0.389 e. The molecule has 2 N–H and O–H groups in total. The van der Waals surface area contributed by atoms with Gasteiger partial charge in [-0.05, 0) is 13.8 Å². The molecule has 1 heterocycles. The maximum absolute atomic E-state index is 9.39. The number of likely N-dealkylation sites (tertiary alicyclic amines) is 1. The van der Waals surface area contributed by atoms with Crippen molar-refractivity contribution in [2.75, 3.05) is 32.8 Å². The van der Waals surface area contributed by atoms with Gasteiger partial charge in [-0.25, -0.2) is 0 Å². The number of hydrogen-bond acceptors (Lipinski definition) is 5. The lowest BCUT2D eigenvalue weighted by Gasteiger charge is -2.20. The van der Waals surface area contributed by atoms with Gasteiger partial charge in [0.25, 0.3) is 0 Å². The van der Waals surface area contributed by atoms with E-state index in [1.807, 2.05) is 18.7 Å². The third kappa shape index (κ3) is 4.35. The van der Waals surface area contributed by atoms with E-state index in [9.17, 15) is 10.2 Å². The van der Waals surface area contributed by atoms with E-state index >= 15 is 0 Å². The lowest BCUT2D eigenvalue weighted by Crippen LogP contribution is -2.28. The van der Waals surface area contributed by atoms with Crippen LogP contribution < -0.4 is 0 Å². The third-order valence-corrected chi connectivity index (χ3v) is 2.72. The molecule has 0 aromatic rings. The Labute approximate surface area is 97.0 Å². The molecule has 1 fully saturated rings. The van der Waals surface area contributed by atoms with E-state index < -0.39 is 12.2 Å². The number of hydrogen-bond donors (Lipinski definition) is 2. The first kappa shape index (κ1) is 13.9. The van der Waals surface area contributed by atoms with Crippen LogP contribution in [0.1, 0.15) is 20.3 Å². The van der Waals surface area contributed by atoms with Gasteiger partial charge in [0.1, 0.15) is 0 Å². The first-order valence-corrected chi connectivity index (χ1v) is 5.99. The summed E-state index contributed by atoms with van der Waals surface area (Å²) in [5.41, 5.74) is 0. The first-order chi connectivity index (χ1) is 7.67. The summed E-state index contributed by atoms with van der Waals surface area (Å²) < 4.78 is 10.8. The summed E-state index contributed by atoms with van der Waals surface area (Å²) >= 11 is 0. The average molecular weight is 233 g/mol. The number of β-amino-alcohol motifs (C(OH)–C–C–N with tert-alkyl or cyclic N) is 2. The summed E-state index contributed by atoms with van der Waals surface area (Å²) in [6.07, 6.45) is -0.638. The molecule has 1 saturated heterocycles. The number of ether oxygens (including phenoxy) is 2. The molecular weight excluding hydrogens is 210 g/mol. The van der Waals surface area contributed by atoms with Crippen LogP contribution in [0.2, 0.25) is 0 Å². The lowest BCUT2D eigenvalue weighted by atomic mass is 10.3. The SMILES string of the molecule is CCOC(CCN1CC(O)C(O)C1)OCC. The molecule has 0 saturated carbocycles. The van der Waals surface area contributed by atoms with Crippen molar-refractivity contribution < 1.29 is 19.7 Å². The number of rotatable bonds is 7. The maximum atomic E-state index is 9.39. The smallest absolute Gasteiger partial charge is 0.158 e. The number of nitrogens with zero attached hydrogens (tertiary/aromatic N) is 1. The van der Waals surface area contributed by atoms with Crippen LogP contribution in [0.15, 0.2) is 0 Å². The number of aliphatic hydroxyl groups excluding tert-OH is 2. The molecule has 1 aliphatic heterocycles. The van der Waals surface area contributed by atoms with Crippen molar-refractivity contribution in [3.63, 3.8) is 0 Å². The Hall–Kier alpha value is -0.200. The Morgan fingerprint density at radius 2 is 1.62 bits per heavy atom. The molecule has 0 aromatic carbocycles. The largest absolute Gasteiger partial charge is 0.389 e. The van der Waals surface area contributed by atoms with Crippen molar-refractivity contribution in [2.24, 2.45) is 0 Å². The minimum absolute atomic E-state index is 0.176. The predicted octanol–water partition coefficient (Wildman–Crippen LogP) is -0.187. The van der Waals surface area contributed by atoms with Gasteiger partial charge in [-0.15, -0.1) is 0 Å². The molecular formula is C11H23NO4. The zero-order valence-corrected chi connectivity index (χ0v) is 10.1. The van der Waals surface area contributed by atoms with Crippen molar-refractivity contribution in [1.82, 2.24) is 4.90 Å². The Morgan fingerprint density at radius 1 is 1.12 bits per heavy atom. The zero-order valence-electron chi connectivity index (χ0n) is 10.1. The van der Waals surface area contributed by atoms with Crippen LogP contribution >= 0.6 is 0 Å². The summed E-state index contributed by atoms with van der Waals surface area (Å²) in [5, 5.41) is 18.8. The molecule has 0 radical (unpaired) electrons. The van der Waals surface area contributed by atoms with Crippen LogP contribution in [0, 0.1) is 0 Å². The molecule has 0 bridgehead atoms. The van der Waals surface area contributed by atoms with Gasteiger partial charge >= 0.3 is 0 Å². The van der Waals surface area contributed by atoms with E-state index in [1.165, 1.54) is 0 Å². The molecule has 0 aliphatic carbocycles. The van der Waals surface area contributed by atoms with Crippen molar-refractivity contribution in [2.45, 2.75) is 38.8 Å². The second kappa shape index (κ2) is 7.19. The van der Waals surface area contributed by atoms with Gasteiger partial charge < -0.3 is 19.7 Å². The molecule has 5 nitrogen and oxygen atoms in total. The van der Waals surface area contributed by atoms with Crippen molar-refractivity contribution in [3.05, 3.63) is 0 Å². The van der Waals surface area contributed by atoms with Gasteiger partial charge in [0, 0.05) is 39.3 Å². The normalized spacial score (nSPS) is 26.8. The van der Waals surface area contributed by atoms with Crippen LogP contribution in [0.4, 0.5) is 0 Å². The summed E-state index contributed by atoms with van der Waals surface area (Å²) in [4.78, 5) is 2.03. The third-order valence-electron chi connectivity index (χ3n) is 2.72. The van der Waals surface area contributed by atoms with E-state index in [0.717, 1.165) is 13.0 Å². The lowest BCUT2D eigenvalue weighted by molar-refractivity contribution is -0.141. The van der Waals surface area contributed by atoms with Gasteiger partial charge in [0.05, 0.1) is 12.2 Å². The predicted molar refractivity (Wildman–Crippen MR) is 60.1 cm³/mol. The summed E-state index contributed by atoms with van der Waals surface area (Å²) in [5.74, 6) is 0. The van der Waals surface area contributed by atoms with E-state index in [1.54, 1.807) is 0 Å². The Bertz CT molecular complexity index is 173. The van der Waals surface area contributed by atoms with Gasteiger partial charge in [-0.1, -0.05) is 0 Å². The molecule has 5 heteroatoms. The van der Waals surface area contributed by atoms with Crippen LogP contribution in [-0.4, -0.2) is 66.5 Å². The standard InChI is InChI=1S/C11H23NO4/c1-3-15-11(16-4-2)5-6-12-7-9(13)10(14)8-12/h9-11,13-14H,3-8H2,1-2H3. The molecule has 2 atom stereocenters. The Morgan fingerprint density at radius 3 is 2.06 bits per heavy atom. The Balaban J connectivity index is 2.21. The molecule has 16 heavy (non-hydrogen) atoms. The molecule has 0 aromatic heterocycles. The first-order valence-electron chi connectivity index (χ1n) is 5.99. The monoisotopic (exact) mass is 233 g/mol.